The number of nitrogens with zero attached hydrogens (tertiary/aromatic N) is 2. The number of nitriles is 1. The maximum Gasteiger partial charge on any atom is 0.270 e. The zero-order chi connectivity index (χ0) is 16.7. The number of nitro groups is 1. The maximum atomic E-state index is 11.7. The highest BCUT2D eigenvalue weighted by molar-refractivity contribution is 5.91. The number of carbonyl (C=O) groups is 1. The molecule has 0 unspecified atom stereocenters. The lowest BCUT2D eigenvalue weighted by molar-refractivity contribution is -0.384. The molecule has 114 valence electrons. The lowest BCUT2D eigenvalue weighted by Crippen LogP contribution is -2.20. The lowest BCUT2D eigenvalue weighted by atomic mass is 10.1. The average molecular weight is 307 g/mol. The molecule has 0 atom stereocenters. The van der Waals surface area contributed by atoms with E-state index in [1.807, 2.05) is 6.07 Å². The van der Waals surface area contributed by atoms with Crippen LogP contribution in [0.5, 0.6) is 0 Å². The van der Waals surface area contributed by atoms with Gasteiger partial charge in [-0.2, -0.15) is 5.26 Å². The highest BCUT2D eigenvalue weighted by Crippen LogP contribution is 2.14. The van der Waals surface area contributed by atoms with Gasteiger partial charge in [0.1, 0.15) is 0 Å². The second-order valence-corrected chi connectivity index (χ2v) is 4.71. The summed E-state index contributed by atoms with van der Waals surface area (Å²) in [7, 11) is 0. The summed E-state index contributed by atoms with van der Waals surface area (Å²) in [6.45, 7) is 0.337. The molecule has 0 aliphatic carbocycles. The first kappa shape index (κ1) is 15.9. The van der Waals surface area contributed by atoms with E-state index in [2.05, 4.69) is 5.32 Å². The van der Waals surface area contributed by atoms with E-state index < -0.39 is 4.92 Å². The predicted molar refractivity (Wildman–Crippen MR) is 85.1 cm³/mol. The van der Waals surface area contributed by atoms with Crippen molar-refractivity contribution < 1.29 is 9.72 Å². The first-order chi connectivity index (χ1) is 11.1. The van der Waals surface area contributed by atoms with Crippen LogP contribution < -0.4 is 5.32 Å². The fourth-order valence-corrected chi connectivity index (χ4v) is 1.86. The van der Waals surface area contributed by atoms with Crippen LogP contribution in [-0.4, -0.2) is 10.8 Å². The van der Waals surface area contributed by atoms with Crippen LogP contribution in [0.1, 0.15) is 16.7 Å². The van der Waals surface area contributed by atoms with E-state index in [0.29, 0.717) is 17.7 Å². The number of amides is 1. The predicted octanol–water partition coefficient (Wildman–Crippen LogP) is 2.80. The number of non-ortho nitro benzene ring substituents is 1. The van der Waals surface area contributed by atoms with Gasteiger partial charge in [0, 0.05) is 24.8 Å². The summed E-state index contributed by atoms with van der Waals surface area (Å²) in [4.78, 5) is 21.9. The van der Waals surface area contributed by atoms with Gasteiger partial charge >= 0.3 is 0 Å². The molecule has 1 N–H and O–H groups in total. The van der Waals surface area contributed by atoms with Gasteiger partial charge in [-0.25, -0.2) is 0 Å². The molecule has 0 saturated heterocycles. The van der Waals surface area contributed by atoms with Gasteiger partial charge in [-0.3, -0.25) is 14.9 Å². The van der Waals surface area contributed by atoms with E-state index >= 15 is 0 Å². The fraction of sp³-hybridized carbons (Fsp3) is 0.0588. The molecule has 0 aliphatic rings. The summed E-state index contributed by atoms with van der Waals surface area (Å²) in [5.41, 5.74) is 1.99. The molecule has 2 aromatic rings. The van der Waals surface area contributed by atoms with Gasteiger partial charge < -0.3 is 5.32 Å². The van der Waals surface area contributed by atoms with Gasteiger partial charge in [-0.05, 0) is 29.3 Å². The molecule has 6 nitrogen and oxygen atoms in total. The van der Waals surface area contributed by atoms with Crippen molar-refractivity contribution in [2.24, 2.45) is 0 Å². The van der Waals surface area contributed by atoms with Crippen molar-refractivity contribution in [2.75, 3.05) is 0 Å². The third-order valence-corrected chi connectivity index (χ3v) is 3.06. The molecule has 0 heterocycles. The zero-order valence-corrected chi connectivity index (χ0v) is 12.1. The minimum absolute atomic E-state index is 0.0230. The minimum atomic E-state index is -0.484. The van der Waals surface area contributed by atoms with E-state index in [9.17, 15) is 14.9 Å². The van der Waals surface area contributed by atoms with Crippen molar-refractivity contribution in [3.63, 3.8) is 0 Å². The summed E-state index contributed by atoms with van der Waals surface area (Å²) in [6.07, 6.45) is 2.84. The number of nitrogens with one attached hydrogen (secondary N) is 1. The van der Waals surface area contributed by atoms with Crippen LogP contribution in [0.2, 0.25) is 0 Å². The molecule has 0 fully saturated rings. The molecular formula is C17H13N3O3. The summed E-state index contributed by atoms with van der Waals surface area (Å²) in [5.74, 6) is -0.305. The van der Waals surface area contributed by atoms with Crippen LogP contribution in [-0.2, 0) is 11.3 Å². The topological polar surface area (TPSA) is 96.0 Å². The molecule has 0 aromatic heterocycles. The normalized spacial score (nSPS) is 10.2. The molecule has 2 rings (SSSR count). The van der Waals surface area contributed by atoms with Crippen molar-refractivity contribution >= 4 is 17.7 Å². The Kier molecular flexibility index (Phi) is 5.21. The Bertz CT molecular complexity index is 789. The smallest absolute Gasteiger partial charge is 0.270 e. The molecule has 0 aliphatic heterocycles. The van der Waals surface area contributed by atoms with Gasteiger partial charge in [0.2, 0.25) is 5.91 Å². The Morgan fingerprint density at radius 2 is 2.00 bits per heavy atom. The number of carbonyl (C=O) groups excluding carboxylic acids is 1. The molecule has 2 aromatic carbocycles. The Labute approximate surface area is 132 Å². The van der Waals surface area contributed by atoms with Gasteiger partial charge in [0.25, 0.3) is 5.69 Å². The van der Waals surface area contributed by atoms with Crippen molar-refractivity contribution in [1.29, 1.82) is 5.26 Å². The molecule has 0 saturated carbocycles. The van der Waals surface area contributed by atoms with Gasteiger partial charge in [0.15, 0.2) is 0 Å². The Morgan fingerprint density at radius 1 is 1.26 bits per heavy atom. The Morgan fingerprint density at radius 3 is 2.65 bits per heavy atom. The summed E-state index contributed by atoms with van der Waals surface area (Å²) >= 11 is 0. The van der Waals surface area contributed by atoms with Crippen LogP contribution in [0.15, 0.2) is 54.6 Å². The summed E-state index contributed by atoms with van der Waals surface area (Å²) < 4.78 is 0. The lowest BCUT2D eigenvalue weighted by Gasteiger charge is -2.02. The third-order valence-electron chi connectivity index (χ3n) is 3.06. The molecular weight excluding hydrogens is 294 g/mol. The first-order valence-electron chi connectivity index (χ1n) is 6.78. The number of hydrogen-bond acceptors (Lipinski definition) is 4. The molecule has 6 heteroatoms. The van der Waals surface area contributed by atoms with Crippen molar-refractivity contribution in [3.05, 3.63) is 81.4 Å². The second kappa shape index (κ2) is 7.52. The number of rotatable bonds is 5. The third kappa shape index (κ3) is 4.79. The fourth-order valence-electron chi connectivity index (χ4n) is 1.86. The molecule has 0 radical (unpaired) electrons. The zero-order valence-electron chi connectivity index (χ0n) is 12.1. The highest BCUT2D eigenvalue weighted by Gasteiger charge is 2.04. The van der Waals surface area contributed by atoms with E-state index in [1.165, 1.54) is 24.3 Å². The molecule has 1 amide bonds. The number of nitro benzene ring substituents is 1. The highest BCUT2D eigenvalue weighted by atomic mass is 16.6. The van der Waals surface area contributed by atoms with Crippen LogP contribution in [0.4, 0.5) is 5.69 Å². The van der Waals surface area contributed by atoms with Gasteiger partial charge in [-0.1, -0.05) is 24.3 Å². The SMILES string of the molecule is N#Cc1ccc(CNC(=O)/C=C/c2cccc([N+](=O)[O-])c2)cc1. The van der Waals surface area contributed by atoms with Crippen molar-refractivity contribution in [3.8, 4) is 6.07 Å². The van der Waals surface area contributed by atoms with E-state index in [4.69, 9.17) is 5.26 Å². The van der Waals surface area contributed by atoms with Crippen LogP contribution in [0.3, 0.4) is 0 Å². The van der Waals surface area contributed by atoms with Crippen LogP contribution in [0, 0.1) is 21.4 Å². The molecule has 0 spiro atoms. The average Bonchev–Trinajstić information content (AvgIpc) is 2.58. The first-order valence-corrected chi connectivity index (χ1v) is 6.78. The monoisotopic (exact) mass is 307 g/mol. The van der Waals surface area contributed by atoms with Crippen molar-refractivity contribution in [1.82, 2.24) is 5.32 Å². The van der Waals surface area contributed by atoms with Gasteiger partial charge in [0.05, 0.1) is 16.6 Å². The molecule has 23 heavy (non-hydrogen) atoms. The van der Waals surface area contributed by atoms with Crippen LogP contribution in [0.25, 0.3) is 6.08 Å². The number of benzene rings is 2. The Balaban J connectivity index is 1.92. The standard InChI is InChI=1S/C17H13N3O3/c18-11-14-4-6-15(7-5-14)12-19-17(21)9-8-13-2-1-3-16(10-13)20(22)23/h1-10H,12H2,(H,19,21)/b9-8+. The summed E-state index contributed by atoms with van der Waals surface area (Å²) in [5, 5.41) is 22.1. The minimum Gasteiger partial charge on any atom is -0.348 e. The number of hydrogen-bond donors (Lipinski definition) is 1. The van der Waals surface area contributed by atoms with E-state index in [-0.39, 0.29) is 11.6 Å². The quantitative estimate of drug-likeness (QED) is 0.522. The molecule has 0 bridgehead atoms. The summed E-state index contributed by atoms with van der Waals surface area (Å²) in [6, 6.07) is 14.9. The second-order valence-electron chi connectivity index (χ2n) is 4.71. The van der Waals surface area contributed by atoms with Crippen molar-refractivity contribution in [2.45, 2.75) is 6.54 Å². The van der Waals surface area contributed by atoms with E-state index in [1.54, 1.807) is 36.4 Å². The maximum absolute atomic E-state index is 11.7. The van der Waals surface area contributed by atoms with Crippen LogP contribution >= 0.6 is 0 Å². The van der Waals surface area contributed by atoms with Gasteiger partial charge in [-0.15, -0.1) is 0 Å². The largest absolute Gasteiger partial charge is 0.348 e. The Hall–Kier alpha value is -3.46. The van der Waals surface area contributed by atoms with E-state index in [0.717, 1.165) is 5.56 Å².